The van der Waals surface area contributed by atoms with Crippen LogP contribution in [0.5, 0.6) is 0 Å². The summed E-state index contributed by atoms with van der Waals surface area (Å²) in [5.74, 6) is 0.605. The third-order valence-electron chi connectivity index (χ3n) is 3.07. The number of anilines is 1. The molecule has 3 nitrogen and oxygen atoms in total. The minimum atomic E-state index is 0.605. The lowest BCUT2D eigenvalue weighted by Crippen LogP contribution is -1.98. The minimum Gasteiger partial charge on any atom is -0.383 e. The van der Waals surface area contributed by atoms with Crippen molar-refractivity contribution in [3.8, 4) is 21.7 Å². The molecule has 6 heteroatoms. The molecule has 0 aliphatic carbocycles. The Bertz CT molecular complexity index is 779. The van der Waals surface area contributed by atoms with Crippen molar-refractivity contribution in [2.75, 3.05) is 5.73 Å². The normalized spacial score (nSPS) is 10.9. The van der Waals surface area contributed by atoms with Gasteiger partial charge in [0.05, 0.1) is 10.4 Å². The number of rotatable bonds is 2. The molecule has 0 saturated heterocycles. The number of hydrogen-bond acceptors (Lipinski definition) is 3. The van der Waals surface area contributed by atoms with Crippen molar-refractivity contribution in [3.63, 3.8) is 0 Å². The number of aromatic nitrogens is 2. The molecule has 0 radical (unpaired) electrons. The van der Waals surface area contributed by atoms with E-state index in [1.807, 2.05) is 42.8 Å². The Balaban J connectivity index is 2.31. The van der Waals surface area contributed by atoms with E-state index in [0.717, 1.165) is 26.2 Å². The van der Waals surface area contributed by atoms with Crippen molar-refractivity contribution < 1.29 is 0 Å². The second-order valence-electron chi connectivity index (χ2n) is 4.31. The molecule has 102 valence electrons. The number of benzene rings is 1. The summed E-state index contributed by atoms with van der Waals surface area (Å²) in [5.41, 5.74) is 8.81. The Kier molecular flexibility index (Phi) is 3.58. The zero-order valence-electron chi connectivity index (χ0n) is 10.6. The predicted octanol–water partition coefficient (Wildman–Crippen LogP) is 4.81. The number of thiophene rings is 1. The summed E-state index contributed by atoms with van der Waals surface area (Å²) in [7, 11) is 1.83. The lowest BCUT2D eigenvalue weighted by molar-refractivity contribution is 0.783. The first-order valence-corrected chi connectivity index (χ1v) is 7.95. The highest BCUT2D eigenvalue weighted by atomic mass is 79.9. The number of nitrogens with two attached hydrogens (primary N) is 1. The number of hydrogen-bond donors (Lipinski definition) is 1. The molecule has 3 rings (SSSR count). The van der Waals surface area contributed by atoms with E-state index in [0.29, 0.717) is 10.8 Å². The standard InChI is InChI=1S/C14H11BrClN3S/c1-19-14(17)11(8-4-2-3-5-10(8)16)12(18-19)13-9(15)6-7-20-13/h2-7H,17H2,1H3. The molecule has 0 aliphatic rings. The Labute approximate surface area is 134 Å². The van der Waals surface area contributed by atoms with Gasteiger partial charge < -0.3 is 5.73 Å². The third-order valence-corrected chi connectivity index (χ3v) is 5.24. The third kappa shape index (κ3) is 2.16. The Morgan fingerprint density at radius 1 is 1.30 bits per heavy atom. The van der Waals surface area contributed by atoms with E-state index < -0.39 is 0 Å². The van der Waals surface area contributed by atoms with Crippen LogP contribution >= 0.6 is 38.9 Å². The van der Waals surface area contributed by atoms with Gasteiger partial charge in [0.25, 0.3) is 0 Å². The summed E-state index contributed by atoms with van der Waals surface area (Å²) in [5, 5.41) is 7.23. The fourth-order valence-electron chi connectivity index (χ4n) is 2.09. The summed E-state index contributed by atoms with van der Waals surface area (Å²) in [6.07, 6.45) is 0. The largest absolute Gasteiger partial charge is 0.383 e. The van der Waals surface area contributed by atoms with Gasteiger partial charge in [-0.05, 0) is 33.4 Å². The molecule has 2 N–H and O–H groups in total. The van der Waals surface area contributed by atoms with E-state index >= 15 is 0 Å². The van der Waals surface area contributed by atoms with E-state index in [4.69, 9.17) is 17.3 Å². The van der Waals surface area contributed by atoms with Crippen LogP contribution in [0.2, 0.25) is 5.02 Å². The van der Waals surface area contributed by atoms with Crippen molar-refractivity contribution in [2.24, 2.45) is 7.05 Å². The van der Waals surface area contributed by atoms with Crippen molar-refractivity contribution >= 4 is 44.7 Å². The summed E-state index contributed by atoms with van der Waals surface area (Å²) < 4.78 is 2.69. The maximum atomic E-state index is 6.31. The highest BCUT2D eigenvalue weighted by Gasteiger charge is 2.21. The molecule has 0 fully saturated rings. The number of halogens is 2. The molecule has 0 aliphatic heterocycles. The number of nitrogens with zero attached hydrogens (tertiary/aromatic N) is 2. The summed E-state index contributed by atoms with van der Waals surface area (Å²) in [4.78, 5) is 1.05. The van der Waals surface area contributed by atoms with E-state index in [-0.39, 0.29) is 0 Å². The molecule has 3 aromatic rings. The smallest absolute Gasteiger partial charge is 0.130 e. The van der Waals surface area contributed by atoms with Crippen LogP contribution in [0.3, 0.4) is 0 Å². The highest BCUT2D eigenvalue weighted by Crippen LogP contribution is 2.43. The number of aryl methyl sites for hydroxylation is 1. The monoisotopic (exact) mass is 367 g/mol. The van der Waals surface area contributed by atoms with Crippen molar-refractivity contribution in [1.29, 1.82) is 0 Å². The van der Waals surface area contributed by atoms with Crippen LogP contribution in [0, 0.1) is 0 Å². The zero-order valence-corrected chi connectivity index (χ0v) is 13.8. The van der Waals surface area contributed by atoms with E-state index in [1.54, 1.807) is 16.0 Å². The number of nitrogen functional groups attached to an aromatic ring is 1. The molecule has 0 atom stereocenters. The van der Waals surface area contributed by atoms with Gasteiger partial charge in [-0.3, -0.25) is 4.68 Å². The first-order valence-electron chi connectivity index (χ1n) is 5.90. The van der Waals surface area contributed by atoms with Crippen molar-refractivity contribution in [1.82, 2.24) is 9.78 Å². The van der Waals surface area contributed by atoms with Gasteiger partial charge in [-0.25, -0.2) is 0 Å². The molecule has 0 spiro atoms. The predicted molar refractivity (Wildman–Crippen MR) is 89.1 cm³/mol. The van der Waals surface area contributed by atoms with Crippen LogP contribution in [-0.2, 0) is 7.05 Å². The van der Waals surface area contributed by atoms with Gasteiger partial charge in [0.2, 0.25) is 0 Å². The van der Waals surface area contributed by atoms with Crippen LogP contribution in [0.4, 0.5) is 5.82 Å². The van der Waals surface area contributed by atoms with Gasteiger partial charge in [0, 0.05) is 22.1 Å². The summed E-state index contributed by atoms with van der Waals surface area (Å²) in [6, 6.07) is 9.67. The molecule has 20 heavy (non-hydrogen) atoms. The van der Waals surface area contributed by atoms with Crippen LogP contribution in [-0.4, -0.2) is 9.78 Å². The average Bonchev–Trinajstić information content (AvgIpc) is 2.96. The summed E-state index contributed by atoms with van der Waals surface area (Å²) >= 11 is 11.5. The average molecular weight is 369 g/mol. The van der Waals surface area contributed by atoms with Crippen LogP contribution in [0.1, 0.15) is 0 Å². The Morgan fingerprint density at radius 3 is 2.70 bits per heavy atom. The highest BCUT2D eigenvalue weighted by molar-refractivity contribution is 9.10. The lowest BCUT2D eigenvalue weighted by Gasteiger charge is -2.05. The molecule has 2 heterocycles. The second-order valence-corrected chi connectivity index (χ2v) is 6.49. The van der Waals surface area contributed by atoms with E-state index in [1.165, 1.54) is 0 Å². The first kappa shape index (κ1) is 13.7. The first-order chi connectivity index (χ1) is 9.59. The van der Waals surface area contributed by atoms with Gasteiger partial charge in [-0.1, -0.05) is 29.8 Å². The molecule has 0 amide bonds. The molecule has 2 aromatic heterocycles. The van der Waals surface area contributed by atoms with Crippen molar-refractivity contribution in [3.05, 3.63) is 45.2 Å². The van der Waals surface area contributed by atoms with Crippen molar-refractivity contribution in [2.45, 2.75) is 0 Å². The topological polar surface area (TPSA) is 43.8 Å². The fraction of sp³-hybridized carbons (Fsp3) is 0.0714. The molecule has 0 unspecified atom stereocenters. The van der Waals surface area contributed by atoms with Crippen LogP contribution in [0.15, 0.2) is 40.2 Å². The second kappa shape index (κ2) is 5.24. The zero-order chi connectivity index (χ0) is 14.3. The maximum absolute atomic E-state index is 6.31. The molecule has 0 saturated carbocycles. The van der Waals surface area contributed by atoms with Gasteiger partial charge in [0.1, 0.15) is 11.5 Å². The fourth-order valence-corrected chi connectivity index (χ4v) is 3.87. The van der Waals surface area contributed by atoms with Crippen LogP contribution < -0.4 is 5.73 Å². The van der Waals surface area contributed by atoms with Gasteiger partial charge in [-0.15, -0.1) is 11.3 Å². The quantitative estimate of drug-likeness (QED) is 0.705. The maximum Gasteiger partial charge on any atom is 0.130 e. The summed E-state index contributed by atoms with van der Waals surface area (Å²) in [6.45, 7) is 0. The Morgan fingerprint density at radius 2 is 2.05 bits per heavy atom. The molecular formula is C14H11BrClN3S. The van der Waals surface area contributed by atoms with E-state index in [2.05, 4.69) is 21.0 Å². The van der Waals surface area contributed by atoms with Crippen LogP contribution in [0.25, 0.3) is 21.7 Å². The van der Waals surface area contributed by atoms with Gasteiger partial charge in [0.15, 0.2) is 0 Å². The Hall–Kier alpha value is -1.30. The van der Waals surface area contributed by atoms with Gasteiger partial charge in [-0.2, -0.15) is 5.10 Å². The van der Waals surface area contributed by atoms with E-state index in [9.17, 15) is 0 Å². The van der Waals surface area contributed by atoms with Gasteiger partial charge >= 0.3 is 0 Å². The molecule has 1 aromatic carbocycles. The molecular weight excluding hydrogens is 358 g/mol. The SMILES string of the molecule is Cn1nc(-c2sccc2Br)c(-c2ccccc2Cl)c1N. The minimum absolute atomic E-state index is 0.605. The lowest BCUT2D eigenvalue weighted by atomic mass is 10.0. The molecule has 0 bridgehead atoms.